The zero-order valence-corrected chi connectivity index (χ0v) is 19.6. The molecule has 0 saturated heterocycles. The van der Waals surface area contributed by atoms with E-state index in [2.05, 4.69) is 20.4 Å². The molecule has 11 heteroatoms. The minimum Gasteiger partial charge on any atom is -0.384 e. The Labute approximate surface area is 196 Å². The smallest absolute Gasteiger partial charge is 0.175 e. The van der Waals surface area contributed by atoms with E-state index < -0.39 is 9.84 Å². The van der Waals surface area contributed by atoms with Crippen molar-refractivity contribution in [3.05, 3.63) is 66.7 Å². The normalized spacial score (nSPS) is 11.7. The summed E-state index contributed by atoms with van der Waals surface area (Å²) in [6.45, 7) is 1.77. The zero-order valence-electron chi connectivity index (χ0n) is 18.8. The molecule has 34 heavy (non-hydrogen) atoms. The lowest BCUT2D eigenvalue weighted by Gasteiger charge is -2.09. The summed E-state index contributed by atoms with van der Waals surface area (Å²) in [7, 11) is -1.50. The Kier molecular flexibility index (Phi) is 5.05. The maximum absolute atomic E-state index is 12.1. The number of aromatic nitrogens is 6. The zero-order chi connectivity index (χ0) is 24.0. The number of nitrogens with two attached hydrogens (primary N) is 1. The van der Waals surface area contributed by atoms with Crippen molar-refractivity contribution >= 4 is 32.9 Å². The molecule has 10 nitrogen and oxygen atoms in total. The largest absolute Gasteiger partial charge is 0.384 e. The molecule has 0 bridgehead atoms. The fourth-order valence-corrected chi connectivity index (χ4v) is 4.44. The second-order valence-corrected chi connectivity index (χ2v) is 10.00. The maximum Gasteiger partial charge on any atom is 0.175 e. The van der Waals surface area contributed by atoms with Crippen molar-refractivity contribution < 1.29 is 8.42 Å². The Morgan fingerprint density at radius 1 is 1.00 bits per heavy atom. The average Bonchev–Trinajstić information content (AvgIpc) is 3.34. The third-order valence-corrected chi connectivity index (χ3v) is 6.38. The molecule has 0 aliphatic carbocycles. The Morgan fingerprint density at radius 2 is 1.82 bits per heavy atom. The molecule has 0 fully saturated rings. The topological polar surface area (TPSA) is 133 Å². The summed E-state index contributed by atoms with van der Waals surface area (Å²) in [6, 6.07) is 14.1. The molecule has 0 saturated carbocycles. The van der Waals surface area contributed by atoms with Gasteiger partial charge in [0.05, 0.1) is 10.6 Å². The Hall–Kier alpha value is -4.25. The van der Waals surface area contributed by atoms with E-state index in [0.717, 1.165) is 11.1 Å². The molecule has 5 rings (SSSR count). The number of rotatable bonds is 5. The van der Waals surface area contributed by atoms with Crippen LogP contribution in [0.25, 0.3) is 28.2 Å². The van der Waals surface area contributed by atoms with Crippen LogP contribution in [-0.4, -0.2) is 43.8 Å². The molecule has 172 valence electrons. The standard InChI is InChI=1S/C23H22N8O2S/c1-14-25-18(12-19(24)26-14)22-23(27-20-9-10-30(2)29-20)28-21-8-7-16(13-31(21)22)15-5-4-6-17(11-15)34(3,32)33/h4-13H,1-3H3,(H,27,29)(H2,24,25,26). The third kappa shape index (κ3) is 4.08. The van der Waals surface area contributed by atoms with E-state index in [1.807, 2.05) is 48.1 Å². The van der Waals surface area contributed by atoms with Crippen LogP contribution >= 0.6 is 0 Å². The second kappa shape index (κ2) is 7.96. The van der Waals surface area contributed by atoms with Gasteiger partial charge in [-0.05, 0) is 42.3 Å². The van der Waals surface area contributed by atoms with Gasteiger partial charge in [-0.2, -0.15) is 5.10 Å². The summed E-state index contributed by atoms with van der Waals surface area (Å²) in [5, 5.41) is 7.65. The van der Waals surface area contributed by atoms with Crippen molar-refractivity contribution in [1.82, 2.24) is 29.1 Å². The van der Waals surface area contributed by atoms with E-state index >= 15 is 0 Å². The first kappa shape index (κ1) is 21.6. The van der Waals surface area contributed by atoms with E-state index in [1.54, 1.807) is 35.9 Å². The number of hydrogen-bond acceptors (Lipinski definition) is 8. The van der Waals surface area contributed by atoms with Crippen LogP contribution in [0.5, 0.6) is 0 Å². The van der Waals surface area contributed by atoms with Gasteiger partial charge in [0.2, 0.25) is 0 Å². The summed E-state index contributed by atoms with van der Waals surface area (Å²) in [4.78, 5) is 13.8. The summed E-state index contributed by atoms with van der Waals surface area (Å²) < 4.78 is 27.7. The Bertz CT molecular complexity index is 1630. The summed E-state index contributed by atoms with van der Waals surface area (Å²) in [5.74, 6) is 2.06. The molecule has 0 aliphatic heterocycles. The number of nitrogens with one attached hydrogen (secondary N) is 1. The molecule has 4 heterocycles. The van der Waals surface area contributed by atoms with Gasteiger partial charge in [-0.25, -0.2) is 23.4 Å². The van der Waals surface area contributed by atoms with E-state index in [0.29, 0.717) is 40.3 Å². The second-order valence-electron chi connectivity index (χ2n) is 7.98. The summed E-state index contributed by atoms with van der Waals surface area (Å²) in [6.07, 6.45) is 4.93. The van der Waals surface area contributed by atoms with Gasteiger partial charge >= 0.3 is 0 Å². The van der Waals surface area contributed by atoms with Crippen LogP contribution in [0.2, 0.25) is 0 Å². The predicted molar refractivity (Wildman–Crippen MR) is 130 cm³/mol. The van der Waals surface area contributed by atoms with Gasteiger partial charge in [-0.1, -0.05) is 12.1 Å². The molecule has 5 aromatic rings. The Balaban J connectivity index is 1.72. The van der Waals surface area contributed by atoms with Gasteiger partial charge in [0, 0.05) is 37.8 Å². The van der Waals surface area contributed by atoms with Crippen LogP contribution in [-0.2, 0) is 16.9 Å². The van der Waals surface area contributed by atoms with Gasteiger partial charge in [-0.3, -0.25) is 9.08 Å². The van der Waals surface area contributed by atoms with E-state index in [4.69, 9.17) is 10.7 Å². The molecule has 1 aromatic carbocycles. The minimum absolute atomic E-state index is 0.257. The molecular weight excluding hydrogens is 452 g/mol. The first-order valence-corrected chi connectivity index (χ1v) is 12.3. The predicted octanol–water partition coefficient (Wildman–Crippen LogP) is 3.23. The molecule has 0 atom stereocenters. The molecule has 3 N–H and O–H groups in total. The molecule has 0 aliphatic rings. The first-order valence-electron chi connectivity index (χ1n) is 10.4. The molecule has 4 aromatic heterocycles. The van der Waals surface area contributed by atoms with Crippen LogP contribution < -0.4 is 11.1 Å². The highest BCUT2D eigenvalue weighted by Gasteiger charge is 2.19. The minimum atomic E-state index is -3.33. The van der Waals surface area contributed by atoms with E-state index in [9.17, 15) is 8.42 Å². The SMILES string of the molecule is Cc1nc(N)cc(-c2c(Nc3ccn(C)n3)nc3ccc(-c4cccc(S(C)(=O)=O)c4)cn23)n1. The van der Waals surface area contributed by atoms with Crippen molar-refractivity contribution in [2.24, 2.45) is 7.05 Å². The number of hydrogen-bond donors (Lipinski definition) is 2. The quantitative estimate of drug-likeness (QED) is 0.397. The highest BCUT2D eigenvalue weighted by Crippen LogP contribution is 2.32. The number of benzene rings is 1. The molecule has 0 spiro atoms. The molecular formula is C23H22N8O2S. The van der Waals surface area contributed by atoms with Crippen molar-refractivity contribution in [2.75, 3.05) is 17.3 Å². The number of aryl methyl sites for hydroxylation is 2. The van der Waals surface area contributed by atoms with E-state index in [-0.39, 0.29) is 4.90 Å². The number of fused-ring (bicyclic) bond motifs is 1. The number of sulfone groups is 1. The number of nitrogen functional groups attached to an aromatic ring is 1. The van der Waals surface area contributed by atoms with Crippen LogP contribution in [0, 0.1) is 6.92 Å². The third-order valence-electron chi connectivity index (χ3n) is 5.27. The molecule has 0 unspecified atom stereocenters. The maximum atomic E-state index is 12.1. The van der Waals surface area contributed by atoms with Crippen molar-refractivity contribution in [1.29, 1.82) is 0 Å². The van der Waals surface area contributed by atoms with Crippen LogP contribution in [0.3, 0.4) is 0 Å². The summed E-state index contributed by atoms with van der Waals surface area (Å²) >= 11 is 0. The number of pyridine rings is 1. The van der Waals surface area contributed by atoms with Crippen LogP contribution in [0.15, 0.2) is 65.8 Å². The van der Waals surface area contributed by atoms with Crippen LogP contribution in [0.4, 0.5) is 17.5 Å². The van der Waals surface area contributed by atoms with Crippen molar-refractivity contribution in [2.45, 2.75) is 11.8 Å². The van der Waals surface area contributed by atoms with Gasteiger partial charge in [-0.15, -0.1) is 0 Å². The van der Waals surface area contributed by atoms with Gasteiger partial charge in [0.1, 0.15) is 23.0 Å². The highest BCUT2D eigenvalue weighted by molar-refractivity contribution is 7.90. The van der Waals surface area contributed by atoms with Crippen molar-refractivity contribution in [3.63, 3.8) is 0 Å². The first-order chi connectivity index (χ1) is 16.2. The van der Waals surface area contributed by atoms with Crippen LogP contribution in [0.1, 0.15) is 5.82 Å². The molecule has 0 radical (unpaired) electrons. The number of nitrogens with zero attached hydrogens (tertiary/aromatic N) is 6. The number of imidazole rings is 1. The average molecular weight is 475 g/mol. The van der Waals surface area contributed by atoms with Gasteiger partial charge in [0.15, 0.2) is 21.5 Å². The highest BCUT2D eigenvalue weighted by atomic mass is 32.2. The van der Waals surface area contributed by atoms with Crippen molar-refractivity contribution in [3.8, 4) is 22.5 Å². The fourth-order valence-electron chi connectivity index (χ4n) is 3.77. The lowest BCUT2D eigenvalue weighted by molar-refractivity contribution is 0.602. The van der Waals surface area contributed by atoms with Gasteiger partial charge in [0.25, 0.3) is 0 Å². The number of anilines is 3. The van der Waals surface area contributed by atoms with E-state index in [1.165, 1.54) is 6.26 Å². The Morgan fingerprint density at radius 3 is 2.53 bits per heavy atom. The van der Waals surface area contributed by atoms with Gasteiger partial charge < -0.3 is 11.1 Å². The monoisotopic (exact) mass is 474 g/mol. The molecule has 0 amide bonds. The summed E-state index contributed by atoms with van der Waals surface area (Å²) in [5.41, 5.74) is 9.55. The fraction of sp³-hybridized carbons (Fsp3) is 0.130. The lowest BCUT2D eigenvalue weighted by Crippen LogP contribution is -2.01. The lowest BCUT2D eigenvalue weighted by atomic mass is 10.1.